The van der Waals surface area contributed by atoms with Crippen LogP contribution in [0.15, 0.2) is 59.1 Å². The lowest BCUT2D eigenvalue weighted by atomic mass is 10.1. The number of aromatic nitrogens is 1. The molecule has 0 spiro atoms. The van der Waals surface area contributed by atoms with Crippen molar-refractivity contribution in [2.75, 3.05) is 0 Å². The van der Waals surface area contributed by atoms with E-state index in [1.165, 1.54) is 3.97 Å². The van der Waals surface area contributed by atoms with E-state index in [0.29, 0.717) is 40.4 Å². The largest absolute Gasteiger partial charge is 0.295 e. The number of fused-ring (bicyclic) bond motifs is 1. The number of ketones is 1. The molecule has 3 aromatic rings. The maximum atomic E-state index is 13.2. The molecule has 2 aromatic carbocycles. The van der Waals surface area contributed by atoms with Crippen molar-refractivity contribution in [3.63, 3.8) is 0 Å². The van der Waals surface area contributed by atoms with Crippen molar-refractivity contribution in [2.24, 2.45) is 0 Å². The van der Waals surface area contributed by atoms with E-state index < -0.39 is 10.0 Å². The molecule has 0 atom stereocenters. The van der Waals surface area contributed by atoms with E-state index in [2.05, 4.69) is 6.07 Å². The van der Waals surface area contributed by atoms with Crippen LogP contribution < -0.4 is 0 Å². The second-order valence-electron chi connectivity index (χ2n) is 6.99. The van der Waals surface area contributed by atoms with Gasteiger partial charge < -0.3 is 0 Å². The van der Waals surface area contributed by atoms with Crippen LogP contribution in [0.2, 0.25) is 0 Å². The lowest BCUT2D eigenvalue weighted by molar-refractivity contribution is -0.114. The molecule has 1 aromatic heterocycles. The Balaban J connectivity index is 1.96. The van der Waals surface area contributed by atoms with Gasteiger partial charge in [-0.2, -0.15) is 5.26 Å². The highest BCUT2D eigenvalue weighted by atomic mass is 32.2. The maximum Gasteiger partial charge on any atom is 0.268 e. The first-order valence-electron chi connectivity index (χ1n) is 9.01. The molecule has 28 heavy (non-hydrogen) atoms. The Labute approximate surface area is 163 Å². The summed E-state index contributed by atoms with van der Waals surface area (Å²) in [5.41, 5.74) is 3.23. The summed E-state index contributed by atoms with van der Waals surface area (Å²) in [5, 5.41) is 9.88. The van der Waals surface area contributed by atoms with Crippen LogP contribution in [0.4, 0.5) is 0 Å². The van der Waals surface area contributed by atoms with E-state index in [1.54, 1.807) is 54.7 Å². The number of allylic oxidation sites excluding steroid dienone is 1. The van der Waals surface area contributed by atoms with Crippen molar-refractivity contribution in [3.8, 4) is 6.07 Å². The van der Waals surface area contributed by atoms with Gasteiger partial charge in [-0.15, -0.1) is 0 Å². The summed E-state index contributed by atoms with van der Waals surface area (Å²) in [5.74, 6) is 0.0960. The Bertz CT molecular complexity index is 1270. The molecule has 0 bridgehead atoms. The zero-order chi connectivity index (χ0) is 19.9. The van der Waals surface area contributed by atoms with Gasteiger partial charge in [0, 0.05) is 23.6 Å². The van der Waals surface area contributed by atoms with Crippen molar-refractivity contribution in [1.82, 2.24) is 3.97 Å². The lowest BCUT2D eigenvalue weighted by Gasteiger charge is -2.08. The van der Waals surface area contributed by atoms with Crippen LogP contribution in [0.25, 0.3) is 17.0 Å². The molecule has 0 radical (unpaired) electrons. The number of aryl methyl sites for hydroxylation is 1. The first kappa shape index (κ1) is 18.2. The van der Waals surface area contributed by atoms with Gasteiger partial charge in [-0.05, 0) is 61.7 Å². The van der Waals surface area contributed by atoms with E-state index in [9.17, 15) is 18.5 Å². The summed E-state index contributed by atoms with van der Waals surface area (Å²) in [6.07, 6.45) is 5.33. The number of hydrogen-bond acceptors (Lipinski definition) is 4. The van der Waals surface area contributed by atoms with Crippen molar-refractivity contribution in [1.29, 1.82) is 5.26 Å². The molecule has 0 N–H and O–H groups in total. The molecule has 0 amide bonds. The highest BCUT2D eigenvalue weighted by Gasteiger charge is 2.23. The normalized spacial score (nSPS) is 16.0. The van der Waals surface area contributed by atoms with Crippen LogP contribution in [-0.2, 0) is 14.8 Å². The molecule has 0 aliphatic heterocycles. The van der Waals surface area contributed by atoms with E-state index in [1.807, 2.05) is 6.92 Å². The number of Topliss-reactive ketones (excluding diaryl/α,β-unsaturated/α-hetero) is 1. The smallest absolute Gasteiger partial charge is 0.268 e. The van der Waals surface area contributed by atoms with Crippen molar-refractivity contribution in [2.45, 2.75) is 31.1 Å². The van der Waals surface area contributed by atoms with Gasteiger partial charge in [-0.1, -0.05) is 17.7 Å². The average Bonchev–Trinajstić information content (AvgIpc) is 3.26. The number of nitriles is 1. The molecule has 6 heteroatoms. The molecule has 140 valence electrons. The minimum atomic E-state index is -3.81. The number of carbonyl (C=O) groups excluding carboxylic acids is 1. The molecular formula is C22H18N2O3S. The van der Waals surface area contributed by atoms with Crippen molar-refractivity contribution < 1.29 is 13.2 Å². The first-order chi connectivity index (χ1) is 13.4. The number of nitrogens with zero attached hydrogens (tertiary/aromatic N) is 2. The fourth-order valence-corrected chi connectivity index (χ4v) is 4.89. The zero-order valence-electron chi connectivity index (χ0n) is 15.3. The fourth-order valence-electron chi connectivity index (χ4n) is 3.51. The zero-order valence-corrected chi connectivity index (χ0v) is 16.2. The summed E-state index contributed by atoms with van der Waals surface area (Å²) in [6.45, 7) is 1.90. The molecule has 0 saturated heterocycles. The van der Waals surface area contributed by atoms with Crippen molar-refractivity contribution in [3.05, 3.63) is 70.9 Å². The Morgan fingerprint density at radius 1 is 1.11 bits per heavy atom. The topological polar surface area (TPSA) is 79.9 Å². The first-order valence-corrected chi connectivity index (χ1v) is 10.5. The number of carbonyl (C=O) groups is 1. The van der Waals surface area contributed by atoms with Gasteiger partial charge in [-0.25, -0.2) is 12.4 Å². The fraction of sp³-hybridized carbons (Fsp3) is 0.182. The summed E-state index contributed by atoms with van der Waals surface area (Å²) < 4.78 is 27.7. The van der Waals surface area contributed by atoms with Gasteiger partial charge in [0.05, 0.1) is 22.0 Å². The highest BCUT2D eigenvalue weighted by molar-refractivity contribution is 7.90. The summed E-state index contributed by atoms with van der Waals surface area (Å²) in [6, 6.07) is 13.7. The van der Waals surface area contributed by atoms with Crippen LogP contribution >= 0.6 is 0 Å². The number of rotatable bonds is 3. The SMILES string of the molecule is Cc1ccc(S(=O)(=O)n2cc(C=C3CCCC3=O)c3cc(C#N)ccc32)cc1. The quantitative estimate of drug-likeness (QED) is 0.628. The Morgan fingerprint density at radius 2 is 1.86 bits per heavy atom. The molecular weight excluding hydrogens is 372 g/mol. The maximum absolute atomic E-state index is 13.2. The third-order valence-electron chi connectivity index (χ3n) is 5.05. The molecule has 0 unspecified atom stereocenters. The highest BCUT2D eigenvalue weighted by Crippen LogP contribution is 2.31. The minimum Gasteiger partial charge on any atom is -0.295 e. The van der Waals surface area contributed by atoms with E-state index in [0.717, 1.165) is 12.0 Å². The van der Waals surface area contributed by atoms with Crippen LogP contribution in [0.5, 0.6) is 0 Å². The van der Waals surface area contributed by atoms with E-state index in [-0.39, 0.29) is 10.7 Å². The van der Waals surface area contributed by atoms with Crippen LogP contribution in [-0.4, -0.2) is 18.2 Å². The predicted octanol–water partition coefficient (Wildman–Crippen LogP) is 4.19. The number of hydrogen-bond donors (Lipinski definition) is 0. The van der Waals surface area contributed by atoms with Gasteiger partial charge in [-0.3, -0.25) is 4.79 Å². The number of benzene rings is 2. The van der Waals surface area contributed by atoms with E-state index in [4.69, 9.17) is 0 Å². The molecule has 5 nitrogen and oxygen atoms in total. The third-order valence-corrected chi connectivity index (χ3v) is 6.73. The monoisotopic (exact) mass is 390 g/mol. The summed E-state index contributed by atoms with van der Waals surface area (Å²) in [4.78, 5) is 12.2. The Kier molecular flexibility index (Phi) is 4.40. The average molecular weight is 390 g/mol. The van der Waals surface area contributed by atoms with Crippen molar-refractivity contribution >= 4 is 32.8 Å². The molecule has 4 rings (SSSR count). The van der Waals surface area contributed by atoms with E-state index >= 15 is 0 Å². The second kappa shape index (κ2) is 6.77. The Morgan fingerprint density at radius 3 is 2.50 bits per heavy atom. The summed E-state index contributed by atoms with van der Waals surface area (Å²) >= 11 is 0. The summed E-state index contributed by atoms with van der Waals surface area (Å²) in [7, 11) is -3.81. The Hall–Kier alpha value is -3.17. The van der Waals surface area contributed by atoms with Crippen LogP contribution in [0, 0.1) is 18.3 Å². The molecule has 1 fully saturated rings. The molecule has 1 heterocycles. The lowest BCUT2D eigenvalue weighted by Crippen LogP contribution is -2.11. The standard InChI is InChI=1S/C22H18N2O3S/c1-15-5-8-19(9-6-15)28(26,27)24-14-18(12-17-3-2-4-22(17)25)20-11-16(13-23)7-10-21(20)24/h5-12,14H,2-4H2,1H3. The second-order valence-corrected chi connectivity index (χ2v) is 8.80. The molecule has 1 aliphatic carbocycles. The van der Waals surface area contributed by atoms with Gasteiger partial charge in [0.15, 0.2) is 5.78 Å². The van der Waals surface area contributed by atoms with Gasteiger partial charge in [0.1, 0.15) is 0 Å². The van der Waals surface area contributed by atoms with Gasteiger partial charge >= 0.3 is 0 Å². The van der Waals surface area contributed by atoms with Crippen LogP contribution in [0.3, 0.4) is 0 Å². The minimum absolute atomic E-state index is 0.0960. The van der Waals surface area contributed by atoms with Gasteiger partial charge in [0.25, 0.3) is 10.0 Å². The third kappa shape index (κ3) is 3.04. The molecule has 1 aliphatic rings. The van der Waals surface area contributed by atoms with Gasteiger partial charge in [0.2, 0.25) is 0 Å². The molecule has 1 saturated carbocycles. The van der Waals surface area contributed by atoms with Crippen LogP contribution in [0.1, 0.15) is 36.0 Å². The predicted molar refractivity (Wildman–Crippen MR) is 107 cm³/mol.